The average molecular weight is 472 g/mol. The second-order valence-electron chi connectivity index (χ2n) is 7.10. The molecule has 3 rings (SSSR count). The molecule has 0 bridgehead atoms. The Morgan fingerprint density at radius 1 is 1.03 bits per heavy atom. The van der Waals surface area contributed by atoms with Gasteiger partial charge in [-0.15, -0.1) is 0 Å². The Balaban J connectivity index is 1.58. The van der Waals surface area contributed by atoms with Crippen LogP contribution in [0.25, 0.3) is 0 Å². The lowest BCUT2D eigenvalue weighted by molar-refractivity contribution is -0.121. The molecule has 0 saturated heterocycles. The molecule has 0 spiro atoms. The molecule has 0 atom stereocenters. The molecule has 0 aliphatic carbocycles. The Morgan fingerprint density at radius 2 is 1.73 bits per heavy atom. The highest BCUT2D eigenvalue weighted by Crippen LogP contribution is 2.20. The summed E-state index contributed by atoms with van der Waals surface area (Å²) in [5.41, 5.74) is 0.648. The van der Waals surface area contributed by atoms with Crippen LogP contribution in [0.1, 0.15) is 23.0 Å². The predicted molar refractivity (Wildman–Crippen MR) is 122 cm³/mol. The molecule has 3 aromatic rings. The van der Waals surface area contributed by atoms with Crippen LogP contribution in [0.5, 0.6) is 5.75 Å². The molecular formula is C23H25N3O6S. The first-order valence-corrected chi connectivity index (χ1v) is 11.7. The number of nitrogens with one attached hydrogen (secondary N) is 2. The summed E-state index contributed by atoms with van der Waals surface area (Å²) < 4.78 is 38.3. The van der Waals surface area contributed by atoms with Crippen molar-refractivity contribution >= 4 is 27.5 Å². The quantitative estimate of drug-likeness (QED) is 0.469. The van der Waals surface area contributed by atoms with Crippen LogP contribution >= 0.6 is 0 Å². The van der Waals surface area contributed by atoms with E-state index in [9.17, 15) is 18.0 Å². The van der Waals surface area contributed by atoms with Crippen molar-refractivity contribution in [1.82, 2.24) is 10.2 Å². The summed E-state index contributed by atoms with van der Waals surface area (Å²) in [5, 5.41) is 2.66. The number of furan rings is 1. The first kappa shape index (κ1) is 23.9. The van der Waals surface area contributed by atoms with Crippen LogP contribution in [0.3, 0.4) is 0 Å². The molecule has 0 aliphatic heterocycles. The van der Waals surface area contributed by atoms with Gasteiger partial charge in [-0.3, -0.25) is 14.3 Å². The third-order valence-electron chi connectivity index (χ3n) is 4.60. The Hall–Kier alpha value is -3.79. The molecule has 0 fully saturated rings. The average Bonchev–Trinajstić information content (AvgIpc) is 3.32. The Labute approximate surface area is 192 Å². The maximum absolute atomic E-state index is 12.6. The van der Waals surface area contributed by atoms with E-state index in [-0.39, 0.29) is 29.5 Å². The van der Waals surface area contributed by atoms with E-state index >= 15 is 0 Å². The van der Waals surface area contributed by atoms with E-state index in [1.54, 1.807) is 36.4 Å². The van der Waals surface area contributed by atoms with E-state index in [4.69, 9.17) is 9.15 Å². The van der Waals surface area contributed by atoms with Gasteiger partial charge in [-0.25, -0.2) is 8.42 Å². The van der Waals surface area contributed by atoms with Gasteiger partial charge in [0.05, 0.1) is 30.9 Å². The molecule has 0 aliphatic rings. The fourth-order valence-corrected chi connectivity index (χ4v) is 4.00. The van der Waals surface area contributed by atoms with Crippen molar-refractivity contribution in [1.29, 1.82) is 0 Å². The molecule has 1 heterocycles. The van der Waals surface area contributed by atoms with Crippen molar-refractivity contribution in [3.05, 3.63) is 78.3 Å². The standard InChI is InChI=1S/C23H25N3O6S/c1-3-31-19-10-8-18(9-11-19)25-33(29,30)21-12-6-17(7-13-21)23(28)26(2)16-22(27)24-15-20-5-4-14-32-20/h4-14,25H,3,15-16H2,1-2H3,(H,24,27). The van der Waals surface area contributed by atoms with Crippen LogP contribution in [-0.4, -0.2) is 45.3 Å². The highest BCUT2D eigenvalue weighted by molar-refractivity contribution is 7.92. The van der Waals surface area contributed by atoms with Crippen molar-refractivity contribution in [3.63, 3.8) is 0 Å². The van der Waals surface area contributed by atoms with Gasteiger partial charge in [0.25, 0.3) is 15.9 Å². The number of amides is 2. The van der Waals surface area contributed by atoms with Crippen molar-refractivity contribution in [2.45, 2.75) is 18.4 Å². The van der Waals surface area contributed by atoms with E-state index in [1.165, 1.54) is 42.5 Å². The third-order valence-corrected chi connectivity index (χ3v) is 5.99. The highest BCUT2D eigenvalue weighted by Gasteiger charge is 2.18. The minimum absolute atomic E-state index is 0.00628. The van der Waals surface area contributed by atoms with Gasteiger partial charge in [0.1, 0.15) is 11.5 Å². The van der Waals surface area contributed by atoms with Gasteiger partial charge < -0.3 is 19.4 Å². The van der Waals surface area contributed by atoms with Crippen molar-refractivity contribution < 1.29 is 27.2 Å². The van der Waals surface area contributed by atoms with Gasteiger partial charge in [-0.2, -0.15) is 0 Å². The van der Waals surface area contributed by atoms with Crippen LogP contribution in [0.15, 0.2) is 76.2 Å². The zero-order chi connectivity index (χ0) is 23.8. The molecule has 10 heteroatoms. The molecule has 0 saturated carbocycles. The number of carbonyl (C=O) groups is 2. The predicted octanol–water partition coefficient (Wildman–Crippen LogP) is 2.87. The van der Waals surface area contributed by atoms with Crippen molar-refractivity contribution in [2.75, 3.05) is 24.9 Å². The van der Waals surface area contributed by atoms with E-state index in [1.807, 2.05) is 6.92 Å². The molecular weight excluding hydrogens is 446 g/mol. The molecule has 0 unspecified atom stereocenters. The van der Waals surface area contributed by atoms with Gasteiger partial charge in [0, 0.05) is 18.3 Å². The number of likely N-dealkylation sites (N-methyl/N-ethyl adjacent to an activating group) is 1. The normalized spacial score (nSPS) is 11.0. The fourth-order valence-electron chi connectivity index (χ4n) is 2.94. The lowest BCUT2D eigenvalue weighted by Crippen LogP contribution is -2.38. The second-order valence-corrected chi connectivity index (χ2v) is 8.79. The minimum Gasteiger partial charge on any atom is -0.494 e. The van der Waals surface area contributed by atoms with Gasteiger partial charge in [0.15, 0.2) is 0 Å². The molecule has 2 N–H and O–H groups in total. The first-order valence-electron chi connectivity index (χ1n) is 10.2. The summed E-state index contributed by atoms with van der Waals surface area (Å²) in [4.78, 5) is 25.9. The van der Waals surface area contributed by atoms with Crippen LogP contribution in [0, 0.1) is 0 Å². The maximum Gasteiger partial charge on any atom is 0.261 e. The Bertz CT molecular complexity index is 1170. The number of benzene rings is 2. The number of anilines is 1. The van der Waals surface area contributed by atoms with Crippen molar-refractivity contribution in [3.8, 4) is 5.75 Å². The minimum atomic E-state index is -3.84. The van der Waals surface area contributed by atoms with Crippen LogP contribution in [0.2, 0.25) is 0 Å². The summed E-state index contributed by atoms with van der Waals surface area (Å²) in [5.74, 6) is 0.489. The van der Waals surface area contributed by atoms with E-state index in [2.05, 4.69) is 10.0 Å². The SMILES string of the molecule is CCOc1ccc(NS(=O)(=O)c2ccc(C(=O)N(C)CC(=O)NCc3ccco3)cc2)cc1. The van der Waals surface area contributed by atoms with Gasteiger partial charge in [-0.1, -0.05) is 0 Å². The third kappa shape index (κ3) is 6.59. The number of sulfonamides is 1. The van der Waals surface area contributed by atoms with E-state index in [0.717, 1.165) is 0 Å². The number of nitrogens with zero attached hydrogens (tertiary/aromatic N) is 1. The lowest BCUT2D eigenvalue weighted by Gasteiger charge is -2.17. The maximum atomic E-state index is 12.6. The summed E-state index contributed by atoms with van der Waals surface area (Å²) in [7, 11) is -2.34. The molecule has 0 radical (unpaired) electrons. The molecule has 1 aromatic heterocycles. The monoisotopic (exact) mass is 471 g/mol. The number of rotatable bonds is 10. The smallest absolute Gasteiger partial charge is 0.261 e. The second kappa shape index (κ2) is 10.7. The largest absolute Gasteiger partial charge is 0.494 e. The van der Waals surface area contributed by atoms with E-state index < -0.39 is 15.9 Å². The number of hydrogen-bond acceptors (Lipinski definition) is 6. The molecule has 2 amide bonds. The summed E-state index contributed by atoms with van der Waals surface area (Å²) in [6, 6.07) is 15.5. The summed E-state index contributed by atoms with van der Waals surface area (Å²) >= 11 is 0. The van der Waals surface area contributed by atoms with Gasteiger partial charge in [-0.05, 0) is 67.6 Å². The Kier molecular flexibility index (Phi) is 7.73. The Morgan fingerprint density at radius 3 is 2.33 bits per heavy atom. The zero-order valence-electron chi connectivity index (χ0n) is 18.3. The van der Waals surface area contributed by atoms with Crippen LogP contribution < -0.4 is 14.8 Å². The molecule has 9 nitrogen and oxygen atoms in total. The van der Waals surface area contributed by atoms with Crippen LogP contribution in [-0.2, 0) is 21.4 Å². The molecule has 2 aromatic carbocycles. The fraction of sp³-hybridized carbons (Fsp3) is 0.217. The lowest BCUT2D eigenvalue weighted by atomic mass is 10.2. The number of ether oxygens (including phenoxy) is 1. The highest BCUT2D eigenvalue weighted by atomic mass is 32.2. The first-order chi connectivity index (χ1) is 15.8. The van der Waals surface area contributed by atoms with Crippen molar-refractivity contribution in [2.24, 2.45) is 0 Å². The summed E-state index contributed by atoms with van der Waals surface area (Å²) in [6.45, 7) is 2.45. The summed E-state index contributed by atoms with van der Waals surface area (Å²) in [6.07, 6.45) is 1.51. The van der Waals surface area contributed by atoms with E-state index in [0.29, 0.717) is 23.8 Å². The molecule has 174 valence electrons. The van der Waals surface area contributed by atoms with Gasteiger partial charge in [0.2, 0.25) is 5.91 Å². The number of carbonyl (C=O) groups excluding carboxylic acids is 2. The van der Waals surface area contributed by atoms with Gasteiger partial charge >= 0.3 is 0 Å². The van der Waals surface area contributed by atoms with Crippen LogP contribution in [0.4, 0.5) is 5.69 Å². The zero-order valence-corrected chi connectivity index (χ0v) is 19.1. The number of hydrogen-bond donors (Lipinski definition) is 2. The molecule has 33 heavy (non-hydrogen) atoms. The topological polar surface area (TPSA) is 118 Å².